The van der Waals surface area contributed by atoms with E-state index < -0.39 is 23.9 Å². The van der Waals surface area contributed by atoms with Crippen molar-refractivity contribution in [3.05, 3.63) is 5.82 Å². The maximum absolute atomic E-state index is 11.3. The van der Waals surface area contributed by atoms with Crippen LogP contribution in [-0.2, 0) is 9.59 Å². The van der Waals surface area contributed by atoms with E-state index in [0.717, 1.165) is 4.90 Å². The predicted octanol–water partition coefficient (Wildman–Crippen LogP) is -1.66. The van der Waals surface area contributed by atoms with Crippen molar-refractivity contribution in [2.75, 3.05) is 0 Å². The van der Waals surface area contributed by atoms with Gasteiger partial charge in [0.2, 0.25) is 0 Å². The highest BCUT2D eigenvalue weighted by atomic mass is 16.2. The molecule has 9 nitrogen and oxygen atoms in total. The number of tetrazole rings is 1. The molecule has 1 aliphatic rings. The number of hydrogen-bond donors (Lipinski definition) is 2. The number of H-pyrrole nitrogens is 1. The molecule has 0 aliphatic carbocycles. The number of aromatic nitrogens is 4. The summed E-state index contributed by atoms with van der Waals surface area (Å²) in [5.74, 6) is -1.71. The van der Waals surface area contributed by atoms with Gasteiger partial charge in [-0.3, -0.25) is 14.9 Å². The van der Waals surface area contributed by atoms with Crippen LogP contribution >= 0.6 is 0 Å². The standard InChI is InChI=1S/C6H6N6O3/c1-2(3-8-10-11-9-3)12-5(14)4(13)7-6(12)15/h2H,1H3,(H,7,13,15)(H,8,9,10,11). The summed E-state index contributed by atoms with van der Waals surface area (Å²) in [4.78, 5) is 34.1. The SMILES string of the molecule is CC(c1nn[nH]n1)N1C(=O)NC(=O)C1=O. The molecule has 0 radical (unpaired) electrons. The van der Waals surface area contributed by atoms with Crippen LogP contribution in [0.15, 0.2) is 0 Å². The zero-order valence-corrected chi connectivity index (χ0v) is 7.59. The van der Waals surface area contributed by atoms with Crippen LogP contribution in [0.3, 0.4) is 0 Å². The molecule has 2 rings (SSSR count). The second kappa shape index (κ2) is 3.12. The van der Waals surface area contributed by atoms with Crippen molar-refractivity contribution in [1.82, 2.24) is 30.8 Å². The molecule has 1 atom stereocenters. The summed E-state index contributed by atoms with van der Waals surface area (Å²) in [7, 11) is 0. The van der Waals surface area contributed by atoms with Crippen LogP contribution in [0.25, 0.3) is 0 Å². The van der Waals surface area contributed by atoms with Crippen LogP contribution in [-0.4, -0.2) is 43.4 Å². The normalized spacial score (nSPS) is 18.2. The minimum absolute atomic E-state index is 0.160. The molecular formula is C6H6N6O3. The second-order valence-corrected chi connectivity index (χ2v) is 2.88. The molecule has 4 amide bonds. The first-order chi connectivity index (χ1) is 7.11. The van der Waals surface area contributed by atoms with Crippen molar-refractivity contribution in [3.63, 3.8) is 0 Å². The Balaban J connectivity index is 2.28. The molecule has 1 fully saturated rings. The Hall–Kier alpha value is -2.32. The van der Waals surface area contributed by atoms with Crippen molar-refractivity contribution >= 4 is 17.8 Å². The monoisotopic (exact) mass is 210 g/mol. The molecule has 9 heteroatoms. The lowest BCUT2D eigenvalue weighted by atomic mass is 10.3. The number of rotatable bonds is 2. The fraction of sp³-hybridized carbons (Fsp3) is 0.333. The quantitative estimate of drug-likeness (QED) is 0.445. The Bertz CT molecular complexity index is 426. The fourth-order valence-corrected chi connectivity index (χ4v) is 1.23. The van der Waals surface area contributed by atoms with Crippen LogP contribution in [0.5, 0.6) is 0 Å². The van der Waals surface area contributed by atoms with Gasteiger partial charge in [-0.15, -0.1) is 10.2 Å². The van der Waals surface area contributed by atoms with Gasteiger partial charge in [-0.2, -0.15) is 5.21 Å². The highest BCUT2D eigenvalue weighted by molar-refractivity contribution is 6.44. The summed E-state index contributed by atoms with van der Waals surface area (Å²) in [5.41, 5.74) is 0. The number of carbonyl (C=O) groups excluding carboxylic acids is 3. The van der Waals surface area contributed by atoms with E-state index >= 15 is 0 Å². The number of urea groups is 1. The van der Waals surface area contributed by atoms with E-state index in [1.54, 1.807) is 0 Å². The molecule has 1 aromatic rings. The van der Waals surface area contributed by atoms with Crippen LogP contribution in [0.2, 0.25) is 0 Å². The molecule has 1 unspecified atom stereocenters. The van der Waals surface area contributed by atoms with E-state index in [1.807, 2.05) is 5.32 Å². The van der Waals surface area contributed by atoms with E-state index in [4.69, 9.17) is 0 Å². The number of carbonyl (C=O) groups is 3. The van der Waals surface area contributed by atoms with Crippen LogP contribution in [0, 0.1) is 0 Å². The molecule has 0 saturated carbocycles. The Labute approximate surface area is 82.8 Å². The van der Waals surface area contributed by atoms with Gasteiger partial charge < -0.3 is 0 Å². The van der Waals surface area contributed by atoms with E-state index in [2.05, 4.69) is 20.6 Å². The van der Waals surface area contributed by atoms with Gasteiger partial charge in [0.15, 0.2) is 5.82 Å². The van der Waals surface area contributed by atoms with E-state index in [-0.39, 0.29) is 5.82 Å². The first-order valence-corrected chi connectivity index (χ1v) is 4.03. The smallest absolute Gasteiger partial charge is 0.269 e. The van der Waals surface area contributed by atoms with Crippen molar-refractivity contribution < 1.29 is 14.4 Å². The van der Waals surface area contributed by atoms with E-state index in [1.165, 1.54) is 6.92 Å². The zero-order chi connectivity index (χ0) is 11.0. The third-order valence-corrected chi connectivity index (χ3v) is 1.98. The molecule has 1 saturated heterocycles. The fourth-order valence-electron chi connectivity index (χ4n) is 1.23. The lowest BCUT2D eigenvalue weighted by molar-refractivity contribution is -0.141. The van der Waals surface area contributed by atoms with Gasteiger partial charge in [-0.1, -0.05) is 5.21 Å². The van der Waals surface area contributed by atoms with E-state index in [0.29, 0.717) is 0 Å². The molecule has 0 bridgehead atoms. The topological polar surface area (TPSA) is 121 Å². The number of nitrogens with zero attached hydrogens (tertiary/aromatic N) is 4. The van der Waals surface area contributed by atoms with Gasteiger partial charge in [0.05, 0.1) is 0 Å². The Morgan fingerprint density at radius 3 is 2.53 bits per heavy atom. The average Bonchev–Trinajstić information content (AvgIpc) is 2.76. The summed E-state index contributed by atoms with van der Waals surface area (Å²) >= 11 is 0. The first kappa shape index (κ1) is 9.24. The molecule has 78 valence electrons. The molecule has 1 aliphatic heterocycles. The Morgan fingerprint density at radius 1 is 1.33 bits per heavy atom. The van der Waals surface area contributed by atoms with Crippen LogP contribution in [0.1, 0.15) is 18.8 Å². The highest BCUT2D eigenvalue weighted by Gasteiger charge is 2.41. The van der Waals surface area contributed by atoms with Crippen molar-refractivity contribution in [3.8, 4) is 0 Å². The number of aromatic amines is 1. The molecule has 0 aromatic carbocycles. The minimum atomic E-state index is -0.949. The lowest BCUT2D eigenvalue weighted by Crippen LogP contribution is -2.34. The summed E-state index contributed by atoms with van der Waals surface area (Å²) in [6.45, 7) is 1.51. The highest BCUT2D eigenvalue weighted by Crippen LogP contribution is 2.18. The molecule has 0 spiro atoms. The van der Waals surface area contributed by atoms with Crippen molar-refractivity contribution in [2.45, 2.75) is 13.0 Å². The maximum Gasteiger partial charge on any atom is 0.332 e. The summed E-state index contributed by atoms with van der Waals surface area (Å²) in [6.07, 6.45) is 0. The third kappa shape index (κ3) is 1.33. The number of amides is 4. The van der Waals surface area contributed by atoms with Gasteiger partial charge >= 0.3 is 17.8 Å². The second-order valence-electron chi connectivity index (χ2n) is 2.88. The zero-order valence-electron chi connectivity index (χ0n) is 7.59. The molecule has 2 N–H and O–H groups in total. The number of hydrogen-bond acceptors (Lipinski definition) is 6. The maximum atomic E-state index is 11.3. The first-order valence-electron chi connectivity index (χ1n) is 4.03. The number of imide groups is 2. The molecule has 2 heterocycles. The van der Waals surface area contributed by atoms with Gasteiger partial charge in [0.25, 0.3) is 0 Å². The van der Waals surface area contributed by atoms with Gasteiger partial charge in [0.1, 0.15) is 6.04 Å². The van der Waals surface area contributed by atoms with Gasteiger partial charge in [-0.05, 0) is 6.92 Å². The van der Waals surface area contributed by atoms with Crippen molar-refractivity contribution in [2.24, 2.45) is 0 Å². The van der Waals surface area contributed by atoms with Gasteiger partial charge in [0, 0.05) is 0 Å². The Kier molecular flexibility index (Phi) is 1.92. The number of nitrogens with one attached hydrogen (secondary N) is 2. The van der Waals surface area contributed by atoms with Crippen LogP contribution in [0.4, 0.5) is 4.79 Å². The minimum Gasteiger partial charge on any atom is -0.269 e. The van der Waals surface area contributed by atoms with E-state index in [9.17, 15) is 14.4 Å². The predicted molar refractivity (Wildman–Crippen MR) is 43.0 cm³/mol. The summed E-state index contributed by atoms with van der Waals surface area (Å²) < 4.78 is 0. The summed E-state index contributed by atoms with van der Waals surface area (Å²) in [5, 5.41) is 14.6. The van der Waals surface area contributed by atoms with Gasteiger partial charge in [-0.25, -0.2) is 9.69 Å². The molecule has 1 aromatic heterocycles. The average molecular weight is 210 g/mol. The summed E-state index contributed by atoms with van der Waals surface area (Å²) in [6, 6.07) is -1.51. The molecule has 15 heavy (non-hydrogen) atoms. The lowest BCUT2D eigenvalue weighted by Gasteiger charge is -2.16. The third-order valence-electron chi connectivity index (χ3n) is 1.98. The van der Waals surface area contributed by atoms with Crippen molar-refractivity contribution in [1.29, 1.82) is 0 Å². The molecular weight excluding hydrogens is 204 g/mol. The largest absolute Gasteiger partial charge is 0.332 e. The van der Waals surface area contributed by atoms with Crippen LogP contribution < -0.4 is 5.32 Å². The Morgan fingerprint density at radius 2 is 2.07 bits per heavy atom.